The van der Waals surface area contributed by atoms with Gasteiger partial charge in [0.05, 0.1) is 22.5 Å². The molecule has 1 aliphatic heterocycles. The highest BCUT2D eigenvalue weighted by molar-refractivity contribution is 6.36. The molecule has 1 aliphatic rings. The molecule has 3 rings (SSSR count). The van der Waals surface area contributed by atoms with Crippen LogP contribution in [0.25, 0.3) is 5.69 Å². The lowest BCUT2D eigenvalue weighted by Gasteiger charge is -2.34. The van der Waals surface area contributed by atoms with E-state index in [9.17, 15) is 14.4 Å². The van der Waals surface area contributed by atoms with Crippen molar-refractivity contribution in [3.05, 3.63) is 46.2 Å². The first kappa shape index (κ1) is 21.1. The van der Waals surface area contributed by atoms with Gasteiger partial charge in [0.25, 0.3) is 5.91 Å². The predicted molar refractivity (Wildman–Crippen MR) is 109 cm³/mol. The normalized spacial score (nSPS) is 14.2. The lowest BCUT2D eigenvalue weighted by Crippen LogP contribution is -2.54. The number of hydrogen-bond acceptors (Lipinski definition) is 4. The molecule has 0 saturated carbocycles. The highest BCUT2D eigenvalue weighted by Crippen LogP contribution is 2.24. The van der Waals surface area contributed by atoms with Gasteiger partial charge in [0.1, 0.15) is 0 Å². The van der Waals surface area contributed by atoms with E-state index >= 15 is 0 Å². The molecular weight excluding hydrogens is 417 g/mol. The fraction of sp³-hybridized carbons (Fsp3) is 0.368. The lowest BCUT2D eigenvalue weighted by molar-refractivity contribution is -0.147. The summed E-state index contributed by atoms with van der Waals surface area (Å²) < 4.78 is 1.52. The average molecular weight is 438 g/mol. The van der Waals surface area contributed by atoms with Crippen molar-refractivity contribution in [2.45, 2.75) is 19.9 Å². The van der Waals surface area contributed by atoms with Crippen LogP contribution in [0, 0.1) is 0 Å². The van der Waals surface area contributed by atoms with E-state index in [1.54, 1.807) is 43.1 Å². The van der Waals surface area contributed by atoms with Gasteiger partial charge in [0.2, 0.25) is 0 Å². The molecule has 1 saturated heterocycles. The topological polar surface area (TPSA) is 87.5 Å². The maximum absolute atomic E-state index is 12.8. The first-order valence-electron chi connectivity index (χ1n) is 9.15. The number of hydrogen-bond donors (Lipinski definition) is 1. The monoisotopic (exact) mass is 437 g/mol. The third kappa shape index (κ3) is 4.89. The van der Waals surface area contributed by atoms with Gasteiger partial charge in [-0.25, -0.2) is 4.68 Å². The molecule has 2 heterocycles. The van der Waals surface area contributed by atoms with Crippen LogP contribution in [0.2, 0.25) is 10.0 Å². The van der Waals surface area contributed by atoms with Gasteiger partial charge >= 0.3 is 11.8 Å². The van der Waals surface area contributed by atoms with Gasteiger partial charge in [-0.05, 0) is 32.0 Å². The van der Waals surface area contributed by atoms with Crippen molar-refractivity contribution in [2.24, 2.45) is 0 Å². The number of carbonyl (C=O) groups is 3. The number of benzene rings is 1. The van der Waals surface area contributed by atoms with E-state index in [0.717, 1.165) is 0 Å². The minimum absolute atomic E-state index is 0.111. The summed E-state index contributed by atoms with van der Waals surface area (Å²) in [4.78, 5) is 39.9. The summed E-state index contributed by atoms with van der Waals surface area (Å²) in [6.45, 7) is 4.86. The molecule has 1 aromatic heterocycles. The maximum atomic E-state index is 12.8. The van der Waals surface area contributed by atoms with E-state index in [4.69, 9.17) is 23.2 Å². The number of carbonyl (C=O) groups excluding carboxylic acids is 3. The Morgan fingerprint density at radius 3 is 2.34 bits per heavy atom. The van der Waals surface area contributed by atoms with Gasteiger partial charge in [-0.3, -0.25) is 14.4 Å². The van der Waals surface area contributed by atoms with Crippen LogP contribution < -0.4 is 5.32 Å². The van der Waals surface area contributed by atoms with Crippen LogP contribution in [0.5, 0.6) is 0 Å². The van der Waals surface area contributed by atoms with Crippen LogP contribution in [0.1, 0.15) is 24.2 Å². The van der Waals surface area contributed by atoms with Crippen molar-refractivity contribution >= 4 is 40.9 Å². The molecule has 29 heavy (non-hydrogen) atoms. The van der Waals surface area contributed by atoms with Crippen LogP contribution in [-0.2, 0) is 9.59 Å². The van der Waals surface area contributed by atoms with E-state index in [1.165, 1.54) is 15.8 Å². The predicted octanol–water partition coefficient (Wildman–Crippen LogP) is 1.99. The zero-order valence-corrected chi connectivity index (χ0v) is 17.6. The first-order chi connectivity index (χ1) is 13.8. The average Bonchev–Trinajstić information content (AvgIpc) is 3.16. The summed E-state index contributed by atoms with van der Waals surface area (Å²) in [7, 11) is 0. The molecule has 0 unspecified atom stereocenters. The Hall–Kier alpha value is -2.58. The van der Waals surface area contributed by atoms with Crippen molar-refractivity contribution < 1.29 is 14.4 Å². The second kappa shape index (κ2) is 8.84. The summed E-state index contributed by atoms with van der Waals surface area (Å²) in [6.07, 6.45) is 3.08. The second-order valence-electron chi connectivity index (χ2n) is 6.98. The maximum Gasteiger partial charge on any atom is 0.312 e. The highest BCUT2D eigenvalue weighted by atomic mass is 35.5. The number of nitrogens with zero attached hydrogens (tertiary/aromatic N) is 4. The van der Waals surface area contributed by atoms with Gasteiger partial charge in [0, 0.05) is 43.4 Å². The molecule has 0 radical (unpaired) electrons. The number of piperazine rings is 1. The molecule has 0 spiro atoms. The zero-order valence-electron chi connectivity index (χ0n) is 16.1. The Bertz CT molecular complexity index is 936. The Balaban J connectivity index is 1.62. The van der Waals surface area contributed by atoms with E-state index < -0.39 is 11.8 Å². The minimum Gasteiger partial charge on any atom is -0.346 e. The van der Waals surface area contributed by atoms with Crippen molar-refractivity contribution in [3.8, 4) is 5.69 Å². The number of aromatic nitrogens is 2. The van der Waals surface area contributed by atoms with Crippen LogP contribution >= 0.6 is 23.2 Å². The molecular formula is C19H21Cl2N5O3. The van der Waals surface area contributed by atoms with Crippen LogP contribution in [0.15, 0.2) is 30.6 Å². The number of amides is 3. The minimum atomic E-state index is -0.624. The second-order valence-corrected chi connectivity index (χ2v) is 7.83. The molecule has 1 N–H and O–H groups in total. The summed E-state index contributed by atoms with van der Waals surface area (Å²) in [5, 5.41) is 7.73. The third-order valence-electron chi connectivity index (χ3n) is 4.45. The van der Waals surface area contributed by atoms with Crippen LogP contribution in [-0.4, -0.2) is 69.5 Å². The molecule has 0 atom stereocenters. The van der Waals surface area contributed by atoms with E-state index in [1.807, 2.05) is 0 Å². The van der Waals surface area contributed by atoms with E-state index in [2.05, 4.69) is 10.4 Å². The molecule has 154 valence electrons. The quantitative estimate of drug-likeness (QED) is 0.743. The largest absolute Gasteiger partial charge is 0.346 e. The lowest BCUT2D eigenvalue weighted by atomic mass is 10.2. The van der Waals surface area contributed by atoms with Crippen molar-refractivity contribution in [1.29, 1.82) is 0 Å². The SMILES string of the molecule is CC(C)NC(=O)C(=O)N1CCN(C(=O)c2cnn(-c3ccc(Cl)cc3Cl)c2)CC1. The Morgan fingerprint density at radius 1 is 1.07 bits per heavy atom. The van der Waals surface area contributed by atoms with E-state index in [0.29, 0.717) is 47.5 Å². The zero-order chi connectivity index (χ0) is 21.1. The van der Waals surface area contributed by atoms with Gasteiger partial charge < -0.3 is 15.1 Å². The molecule has 0 aliphatic carbocycles. The van der Waals surface area contributed by atoms with Crippen LogP contribution in [0.3, 0.4) is 0 Å². The number of halogens is 2. The van der Waals surface area contributed by atoms with Gasteiger partial charge in [-0.1, -0.05) is 23.2 Å². The van der Waals surface area contributed by atoms with Crippen molar-refractivity contribution in [3.63, 3.8) is 0 Å². The van der Waals surface area contributed by atoms with Crippen molar-refractivity contribution in [1.82, 2.24) is 24.9 Å². The molecule has 2 aromatic rings. The summed E-state index contributed by atoms with van der Waals surface area (Å²) in [6, 6.07) is 4.91. The summed E-state index contributed by atoms with van der Waals surface area (Å²) >= 11 is 12.1. The van der Waals surface area contributed by atoms with Crippen molar-refractivity contribution in [2.75, 3.05) is 26.2 Å². The summed E-state index contributed by atoms with van der Waals surface area (Å²) in [5.41, 5.74) is 1.02. The van der Waals surface area contributed by atoms with Gasteiger partial charge in [-0.2, -0.15) is 5.10 Å². The standard InChI is InChI=1S/C19H21Cl2N5O3/c1-12(2)23-17(27)19(29)25-7-5-24(6-8-25)18(28)13-10-22-26(11-13)16-4-3-14(20)9-15(16)21/h3-4,9-12H,5-8H2,1-2H3,(H,23,27). The molecule has 8 nitrogen and oxygen atoms in total. The summed E-state index contributed by atoms with van der Waals surface area (Å²) in [5.74, 6) is -1.39. The molecule has 1 fully saturated rings. The molecule has 3 amide bonds. The smallest absolute Gasteiger partial charge is 0.312 e. The third-order valence-corrected chi connectivity index (χ3v) is 4.99. The van der Waals surface area contributed by atoms with E-state index in [-0.39, 0.29) is 11.9 Å². The number of rotatable bonds is 3. The fourth-order valence-electron chi connectivity index (χ4n) is 2.99. The van der Waals surface area contributed by atoms with Gasteiger partial charge in [-0.15, -0.1) is 0 Å². The molecule has 0 bridgehead atoms. The molecule has 1 aromatic carbocycles. The Kier molecular flexibility index (Phi) is 6.44. The Labute approximate surface area is 178 Å². The van der Waals surface area contributed by atoms with Crippen LogP contribution in [0.4, 0.5) is 0 Å². The molecule has 10 heteroatoms. The number of nitrogens with one attached hydrogen (secondary N) is 1. The fourth-order valence-corrected chi connectivity index (χ4v) is 3.49. The van der Waals surface area contributed by atoms with Gasteiger partial charge in [0.15, 0.2) is 0 Å². The first-order valence-corrected chi connectivity index (χ1v) is 9.91. The Morgan fingerprint density at radius 2 is 1.72 bits per heavy atom. The highest BCUT2D eigenvalue weighted by Gasteiger charge is 2.29.